The second-order valence-electron chi connectivity index (χ2n) is 26.2. The van der Waals surface area contributed by atoms with Crippen molar-refractivity contribution >= 4 is 41.5 Å². The number of nitrogens with one attached hydrogen (secondary N) is 5. The van der Waals surface area contributed by atoms with E-state index in [-0.39, 0.29) is 54.7 Å². The summed E-state index contributed by atoms with van der Waals surface area (Å²) in [5.74, 6) is -3.95. The molecule has 1 aromatic carbocycles. The molecule has 84 heavy (non-hydrogen) atoms. The van der Waals surface area contributed by atoms with Gasteiger partial charge in [0, 0.05) is 25.8 Å². The van der Waals surface area contributed by atoms with Crippen molar-refractivity contribution in [2.45, 2.75) is 206 Å². The number of rotatable bonds is 11. The second-order valence-corrected chi connectivity index (χ2v) is 26.2. The predicted octanol–water partition coefficient (Wildman–Crippen LogP) is 2.32. The van der Waals surface area contributed by atoms with Gasteiger partial charge >= 0.3 is 6.09 Å². The summed E-state index contributed by atoms with van der Waals surface area (Å²) >= 11 is 0. The molecule has 16 unspecified atom stereocenters. The molecule has 22 nitrogen and oxygen atoms in total. The highest BCUT2D eigenvalue weighted by Gasteiger charge is 2.57. The quantitative estimate of drug-likeness (QED) is 0.142. The molecular weight excluding hydrogens is 1080 g/mol. The van der Waals surface area contributed by atoms with Gasteiger partial charge in [-0.15, -0.1) is 0 Å². The van der Waals surface area contributed by atoms with Crippen LogP contribution in [0.5, 0.6) is 5.75 Å². The largest absolute Gasteiger partial charge is 0.508 e. The summed E-state index contributed by atoms with van der Waals surface area (Å²) in [5.41, 5.74) is 3.09. The van der Waals surface area contributed by atoms with Crippen LogP contribution in [0.3, 0.4) is 0 Å². The first-order valence-corrected chi connectivity index (χ1v) is 30.3. The molecule has 20 atom stereocenters. The van der Waals surface area contributed by atoms with Crippen molar-refractivity contribution in [1.82, 2.24) is 36.4 Å². The zero-order chi connectivity index (χ0) is 61.3. The van der Waals surface area contributed by atoms with E-state index in [1.807, 2.05) is 0 Å². The number of fused-ring (bicyclic) bond motifs is 7. The molecule has 4 aliphatic carbocycles. The molecule has 22 heteroatoms. The van der Waals surface area contributed by atoms with Crippen molar-refractivity contribution < 1.29 is 74.0 Å². The lowest BCUT2D eigenvalue weighted by atomic mass is 9.50. The zero-order valence-electron chi connectivity index (χ0n) is 49.8. The van der Waals surface area contributed by atoms with Gasteiger partial charge in [-0.25, -0.2) is 4.79 Å². The summed E-state index contributed by atoms with van der Waals surface area (Å²) in [4.78, 5) is 102. The Balaban J connectivity index is 1.03. The lowest BCUT2D eigenvalue weighted by Gasteiger charge is -2.55. The number of ether oxygens (including phenoxy) is 1. The first-order chi connectivity index (χ1) is 39.6. The number of alkyl carbamates (subject to hydrolysis) is 1. The van der Waals surface area contributed by atoms with E-state index in [4.69, 9.17) is 4.74 Å². The lowest BCUT2D eigenvalue weighted by molar-refractivity contribution is -0.152. The van der Waals surface area contributed by atoms with Gasteiger partial charge in [-0.1, -0.05) is 96.0 Å². The topological polar surface area (TPSA) is 337 Å². The molecule has 0 radical (unpaired) electrons. The molecule has 3 aliphatic heterocycles. The molecule has 464 valence electrons. The highest BCUT2D eigenvalue weighted by atomic mass is 16.6. The minimum Gasteiger partial charge on any atom is -0.508 e. The maximum absolute atomic E-state index is 14.5. The van der Waals surface area contributed by atoms with Crippen LogP contribution in [0.15, 0.2) is 59.7 Å². The first-order valence-electron chi connectivity index (χ1n) is 30.3. The summed E-state index contributed by atoms with van der Waals surface area (Å²) in [6.07, 6.45) is 2.98. The van der Waals surface area contributed by atoms with Gasteiger partial charge < -0.3 is 76.9 Å². The van der Waals surface area contributed by atoms with E-state index >= 15 is 0 Å². The number of allylic oxidation sites excluding steroid dienone is 5. The summed E-state index contributed by atoms with van der Waals surface area (Å²) in [5, 5.41) is 89.3. The Bertz CT molecular complexity index is 2700. The third-order valence-corrected chi connectivity index (χ3v) is 20.2. The number of amides is 7. The van der Waals surface area contributed by atoms with Gasteiger partial charge in [0.05, 0.1) is 18.8 Å². The third kappa shape index (κ3) is 13.5. The van der Waals surface area contributed by atoms with Crippen LogP contribution in [0.1, 0.15) is 132 Å². The Kier molecular flexibility index (Phi) is 20.1. The van der Waals surface area contributed by atoms with Crippen LogP contribution in [0.2, 0.25) is 0 Å². The average molecular weight is 1170 g/mol. The fourth-order valence-electron chi connectivity index (χ4n) is 14.9. The Morgan fingerprint density at radius 2 is 1.46 bits per heavy atom. The van der Waals surface area contributed by atoms with Crippen LogP contribution < -0.4 is 26.6 Å². The zero-order valence-corrected chi connectivity index (χ0v) is 49.8. The van der Waals surface area contributed by atoms with Gasteiger partial charge in [-0.2, -0.15) is 0 Å². The van der Waals surface area contributed by atoms with Crippen molar-refractivity contribution in [1.29, 1.82) is 0 Å². The number of hydrogen-bond acceptors (Lipinski definition) is 15. The maximum Gasteiger partial charge on any atom is 0.408 e. The number of benzene rings is 1. The number of phenols is 1. The number of aromatic hydroxyl groups is 1. The highest BCUT2D eigenvalue weighted by Crippen LogP contribution is 2.66. The fourth-order valence-corrected chi connectivity index (χ4v) is 14.9. The standard InChI is InChI=1S/C62H91N7O15/c1-31(2)33(4)9-10-34(5)41-17-18-42-40-16-13-37-27-39(21-23-61(37,7)43(40)22-24-62(41,42)8)84-60(83)64-44-28-49(74)56(79)67-55(78)47-25-32(3)29-68(47)58(81)45(30-70)63-57(80)52(48(73)26-36-11-14-38(72)15-12-36)66-54(77)46-19-20-50(75)69(46)59(82)51(35(6)71)65-53(44)76/h9-16,31-35,39,41-52,56,70-75,79H,17-30H2,1-8H3,(H,63,80)(H,64,83)(H,65,76)(H,66,77)(H,67,78)/b10-9+/t32?,33?,34?,35?,39?,41?,42?,43?,44?,45?,46?,47?,48?,49-,50?,51?,52?,56-,61-,62+/m0/s1. The Morgan fingerprint density at radius 3 is 2.14 bits per heavy atom. The van der Waals surface area contributed by atoms with Crippen molar-refractivity contribution in [2.24, 2.45) is 52.3 Å². The van der Waals surface area contributed by atoms with Crippen molar-refractivity contribution in [3.8, 4) is 5.75 Å². The van der Waals surface area contributed by atoms with Gasteiger partial charge in [-0.3, -0.25) is 28.8 Å². The number of nitrogens with zero attached hydrogens (tertiary/aromatic N) is 2. The SMILES string of the molecule is CC1CC2C(=O)N[C@@H](O)[C@@H](O)CC(NC(=O)OC3CC[C@@]4(C)C(=CC=C5C6CCC(C(C)/C=C/C(C)C(C)C)[C@@]6(C)CCC54)C3)C(=O)NC(C(C)O)C(=O)N3C(O)CCC3C(=O)NC(C(O)Cc3ccc(O)cc3)C(=O)NC(CO)C(=O)N2C1. The van der Waals surface area contributed by atoms with Crippen LogP contribution >= 0.6 is 0 Å². The van der Waals surface area contributed by atoms with E-state index in [1.165, 1.54) is 36.3 Å². The molecule has 3 heterocycles. The van der Waals surface area contributed by atoms with E-state index in [0.717, 1.165) is 43.1 Å². The number of aliphatic hydroxyl groups is 6. The van der Waals surface area contributed by atoms with Crippen molar-refractivity contribution in [2.75, 3.05) is 13.2 Å². The van der Waals surface area contributed by atoms with Gasteiger partial charge in [0.1, 0.15) is 60.4 Å². The molecule has 12 N–H and O–H groups in total. The molecule has 0 bridgehead atoms. The minimum absolute atomic E-state index is 0.0404. The molecular formula is C62H91N7O15. The van der Waals surface area contributed by atoms with Crippen LogP contribution in [-0.4, -0.2) is 173 Å². The third-order valence-electron chi connectivity index (χ3n) is 20.2. The summed E-state index contributed by atoms with van der Waals surface area (Å²) in [7, 11) is 0. The minimum atomic E-state index is -2.14. The summed E-state index contributed by atoms with van der Waals surface area (Å²) < 4.78 is 6.04. The molecule has 1 aromatic rings. The van der Waals surface area contributed by atoms with Crippen molar-refractivity contribution in [3.05, 3.63) is 65.3 Å². The number of phenolic OH excluding ortho intramolecular Hbond substituents is 1. The molecule has 8 rings (SSSR count). The first kappa shape index (κ1) is 64.1. The monoisotopic (exact) mass is 1170 g/mol. The smallest absolute Gasteiger partial charge is 0.408 e. The molecule has 6 fully saturated rings. The average Bonchev–Trinajstić information content (AvgIpc) is 1.60. The summed E-state index contributed by atoms with van der Waals surface area (Å²) in [6.45, 7) is 15.8. The molecule has 3 saturated heterocycles. The molecule has 0 spiro atoms. The Hall–Kier alpha value is -5.91. The van der Waals surface area contributed by atoms with Crippen LogP contribution in [0.25, 0.3) is 0 Å². The highest BCUT2D eigenvalue weighted by molar-refractivity contribution is 5.98. The van der Waals surface area contributed by atoms with E-state index in [0.29, 0.717) is 58.8 Å². The van der Waals surface area contributed by atoms with Crippen molar-refractivity contribution in [3.63, 3.8) is 0 Å². The van der Waals surface area contributed by atoms with Crippen LogP contribution in [0.4, 0.5) is 4.79 Å². The Labute approximate surface area is 492 Å². The van der Waals surface area contributed by atoms with E-state index in [1.54, 1.807) is 6.92 Å². The molecule has 0 aromatic heterocycles. The maximum atomic E-state index is 14.5. The molecule has 7 amide bonds. The van der Waals surface area contributed by atoms with E-state index in [9.17, 15) is 69.3 Å². The van der Waals surface area contributed by atoms with E-state index < -0.39 is 128 Å². The molecule has 7 aliphatic rings. The summed E-state index contributed by atoms with van der Waals surface area (Å²) in [6, 6.07) is -4.73. The second kappa shape index (κ2) is 26.4. The number of carbonyl (C=O) groups is 7. The Morgan fingerprint density at radius 1 is 0.774 bits per heavy atom. The number of aliphatic hydroxyl groups excluding tert-OH is 6. The van der Waals surface area contributed by atoms with Gasteiger partial charge in [0.2, 0.25) is 29.5 Å². The fraction of sp³-hybridized carbons (Fsp3) is 0.694. The predicted molar refractivity (Wildman–Crippen MR) is 307 cm³/mol. The van der Waals surface area contributed by atoms with Crippen LogP contribution in [-0.2, 0) is 39.9 Å². The van der Waals surface area contributed by atoms with Gasteiger partial charge in [-0.05, 0) is 135 Å². The van der Waals surface area contributed by atoms with E-state index in [2.05, 4.69) is 92.4 Å². The number of hydrogen-bond donors (Lipinski definition) is 12. The van der Waals surface area contributed by atoms with Gasteiger partial charge in [0.25, 0.3) is 5.91 Å². The van der Waals surface area contributed by atoms with Gasteiger partial charge in [0.15, 0.2) is 6.23 Å². The molecule has 3 saturated carbocycles. The van der Waals surface area contributed by atoms with Crippen LogP contribution in [0, 0.1) is 52.3 Å². The lowest BCUT2D eigenvalue weighted by Crippen LogP contribution is -2.63. The number of carbonyl (C=O) groups excluding carboxylic acids is 7. The normalized spacial score (nSPS) is 36.9.